The summed E-state index contributed by atoms with van der Waals surface area (Å²) < 4.78 is 30.9. The Balaban J connectivity index is 1.79. The number of rotatable bonds is 5. The summed E-state index contributed by atoms with van der Waals surface area (Å²) in [6.45, 7) is 3.62. The molecule has 0 bridgehead atoms. The molecule has 0 aliphatic carbocycles. The summed E-state index contributed by atoms with van der Waals surface area (Å²) in [5.41, 5.74) is 1.62. The first-order valence-electron chi connectivity index (χ1n) is 8.57. The van der Waals surface area contributed by atoms with Gasteiger partial charge in [0.15, 0.2) is 0 Å². The molecule has 0 saturated heterocycles. The largest absolute Gasteiger partial charge is 0.423 e. The smallest absolute Gasteiger partial charge is 0.343 e. The molecule has 7 nitrogen and oxygen atoms in total. The molecule has 0 fully saturated rings. The maximum absolute atomic E-state index is 12.8. The Kier molecular flexibility index (Phi) is 5.47. The van der Waals surface area contributed by atoms with E-state index in [0.29, 0.717) is 5.56 Å². The van der Waals surface area contributed by atoms with Gasteiger partial charge in [0.25, 0.3) is 5.69 Å². The molecule has 0 atom stereocenters. The summed E-state index contributed by atoms with van der Waals surface area (Å²) in [5, 5.41) is 10.7. The van der Waals surface area contributed by atoms with E-state index in [2.05, 4.69) is 0 Å². The molecule has 0 amide bonds. The van der Waals surface area contributed by atoms with E-state index in [0.717, 1.165) is 5.56 Å². The fourth-order valence-corrected chi connectivity index (χ4v) is 4.28. The van der Waals surface area contributed by atoms with Crippen molar-refractivity contribution in [3.63, 3.8) is 0 Å². The molecule has 0 saturated carbocycles. The Hall–Kier alpha value is -3.52. The van der Waals surface area contributed by atoms with Gasteiger partial charge in [-0.3, -0.25) is 10.1 Å². The highest BCUT2D eigenvalue weighted by molar-refractivity contribution is 7.91. The van der Waals surface area contributed by atoms with Gasteiger partial charge >= 0.3 is 5.97 Å². The van der Waals surface area contributed by atoms with Crippen LogP contribution in [0.4, 0.5) is 5.69 Å². The van der Waals surface area contributed by atoms with Crippen LogP contribution in [-0.4, -0.2) is 19.3 Å². The van der Waals surface area contributed by atoms with Gasteiger partial charge in [0.2, 0.25) is 9.84 Å². The van der Waals surface area contributed by atoms with Crippen molar-refractivity contribution in [2.45, 2.75) is 23.6 Å². The fraction of sp³-hybridized carbons (Fsp3) is 0.0952. The number of hydrogen-bond donors (Lipinski definition) is 0. The van der Waals surface area contributed by atoms with Crippen LogP contribution in [0, 0.1) is 24.0 Å². The van der Waals surface area contributed by atoms with Crippen LogP contribution >= 0.6 is 0 Å². The maximum atomic E-state index is 12.8. The van der Waals surface area contributed by atoms with Crippen LogP contribution in [0.15, 0.2) is 76.5 Å². The van der Waals surface area contributed by atoms with E-state index in [1.807, 2.05) is 6.92 Å². The van der Waals surface area contributed by atoms with E-state index < -0.39 is 20.7 Å². The molecule has 0 unspecified atom stereocenters. The van der Waals surface area contributed by atoms with Gasteiger partial charge in [0, 0.05) is 12.1 Å². The number of aryl methyl sites for hydroxylation is 2. The fourth-order valence-electron chi connectivity index (χ4n) is 2.80. The molecule has 8 heteroatoms. The van der Waals surface area contributed by atoms with E-state index >= 15 is 0 Å². The van der Waals surface area contributed by atoms with E-state index in [1.165, 1.54) is 48.5 Å². The number of esters is 1. The second-order valence-corrected chi connectivity index (χ2v) is 8.36. The predicted octanol–water partition coefficient (Wildman–Crippen LogP) is 4.26. The first kappa shape index (κ1) is 20.2. The van der Waals surface area contributed by atoms with Crippen molar-refractivity contribution in [2.24, 2.45) is 0 Å². The Labute approximate surface area is 167 Å². The number of carbonyl (C=O) groups excluding carboxylic acids is 1. The lowest BCUT2D eigenvalue weighted by atomic mass is 10.2. The number of carbonyl (C=O) groups is 1. The first-order valence-corrected chi connectivity index (χ1v) is 10.1. The summed E-state index contributed by atoms with van der Waals surface area (Å²) in [6, 6.07) is 15.6. The minimum absolute atomic E-state index is 0.0830. The zero-order valence-electron chi connectivity index (χ0n) is 15.7. The minimum Gasteiger partial charge on any atom is -0.423 e. The third kappa shape index (κ3) is 4.33. The Morgan fingerprint density at radius 1 is 0.931 bits per heavy atom. The van der Waals surface area contributed by atoms with Gasteiger partial charge in [0.1, 0.15) is 5.75 Å². The van der Waals surface area contributed by atoms with Crippen LogP contribution in [-0.2, 0) is 9.84 Å². The highest BCUT2D eigenvalue weighted by Gasteiger charge is 2.20. The quantitative estimate of drug-likeness (QED) is 0.269. The lowest BCUT2D eigenvalue weighted by molar-refractivity contribution is -0.384. The van der Waals surface area contributed by atoms with Gasteiger partial charge in [-0.1, -0.05) is 17.7 Å². The molecule has 0 N–H and O–H groups in total. The predicted molar refractivity (Wildman–Crippen MR) is 106 cm³/mol. The molecule has 3 aromatic rings. The zero-order chi connectivity index (χ0) is 21.2. The summed E-state index contributed by atoms with van der Waals surface area (Å²) in [4.78, 5) is 22.6. The third-order valence-corrected chi connectivity index (χ3v) is 6.21. The van der Waals surface area contributed by atoms with Crippen LogP contribution in [0.25, 0.3) is 0 Å². The SMILES string of the molecule is Cc1ccc(S(=O)(=O)c2ccc(OC(=O)c3ccc([N+](=O)[O-])cc3)cc2)c(C)c1. The average molecular weight is 411 g/mol. The highest BCUT2D eigenvalue weighted by atomic mass is 32.2. The first-order chi connectivity index (χ1) is 13.7. The van der Waals surface area contributed by atoms with E-state index in [4.69, 9.17) is 4.74 Å². The van der Waals surface area contributed by atoms with Crippen LogP contribution in [0.3, 0.4) is 0 Å². The number of nitrogens with zero attached hydrogens (tertiary/aromatic N) is 1. The lowest BCUT2D eigenvalue weighted by Crippen LogP contribution is -2.09. The molecule has 0 aromatic heterocycles. The number of nitro benzene ring substituents is 1. The van der Waals surface area contributed by atoms with Gasteiger partial charge in [-0.15, -0.1) is 0 Å². The van der Waals surface area contributed by atoms with E-state index in [-0.39, 0.29) is 26.8 Å². The summed E-state index contributed by atoms with van der Waals surface area (Å²) in [7, 11) is -3.70. The monoisotopic (exact) mass is 411 g/mol. The molecule has 148 valence electrons. The molecule has 0 spiro atoms. The Morgan fingerprint density at radius 2 is 1.55 bits per heavy atom. The molecule has 29 heavy (non-hydrogen) atoms. The molecule has 0 radical (unpaired) electrons. The average Bonchev–Trinajstić information content (AvgIpc) is 2.68. The van der Waals surface area contributed by atoms with Gasteiger partial charge in [-0.05, 0) is 61.9 Å². The van der Waals surface area contributed by atoms with E-state index in [9.17, 15) is 23.3 Å². The van der Waals surface area contributed by atoms with Crippen molar-refractivity contribution in [1.82, 2.24) is 0 Å². The van der Waals surface area contributed by atoms with Gasteiger partial charge in [-0.2, -0.15) is 0 Å². The van der Waals surface area contributed by atoms with Crippen molar-refractivity contribution >= 4 is 21.5 Å². The van der Waals surface area contributed by atoms with Crippen molar-refractivity contribution in [2.75, 3.05) is 0 Å². The summed E-state index contributed by atoms with van der Waals surface area (Å²) in [6.07, 6.45) is 0. The molecule has 3 rings (SSSR count). The van der Waals surface area contributed by atoms with Gasteiger partial charge < -0.3 is 4.74 Å². The van der Waals surface area contributed by atoms with Crippen LogP contribution in [0.5, 0.6) is 5.75 Å². The lowest BCUT2D eigenvalue weighted by Gasteiger charge is -2.10. The van der Waals surface area contributed by atoms with Crippen molar-refractivity contribution in [1.29, 1.82) is 0 Å². The maximum Gasteiger partial charge on any atom is 0.343 e. The second kappa shape index (κ2) is 7.84. The number of hydrogen-bond acceptors (Lipinski definition) is 6. The zero-order valence-corrected chi connectivity index (χ0v) is 16.5. The number of ether oxygens (including phenoxy) is 1. The van der Waals surface area contributed by atoms with Crippen molar-refractivity contribution in [3.8, 4) is 5.75 Å². The van der Waals surface area contributed by atoms with Gasteiger partial charge in [0.05, 0.1) is 20.3 Å². The topological polar surface area (TPSA) is 104 Å². The second-order valence-electron chi connectivity index (χ2n) is 6.44. The third-order valence-electron chi connectivity index (χ3n) is 4.28. The van der Waals surface area contributed by atoms with E-state index in [1.54, 1.807) is 25.1 Å². The normalized spacial score (nSPS) is 11.1. The highest BCUT2D eigenvalue weighted by Crippen LogP contribution is 2.26. The summed E-state index contributed by atoms with van der Waals surface area (Å²) >= 11 is 0. The van der Waals surface area contributed by atoms with Crippen LogP contribution in [0.2, 0.25) is 0 Å². The van der Waals surface area contributed by atoms with Crippen molar-refractivity contribution in [3.05, 3.63) is 93.5 Å². The molecular weight excluding hydrogens is 394 g/mol. The number of benzene rings is 3. The number of non-ortho nitro benzene ring substituents is 1. The molecule has 0 aliphatic heterocycles. The molecular formula is C21H17NO6S. The van der Waals surface area contributed by atoms with Crippen LogP contribution < -0.4 is 4.74 Å². The molecule has 0 heterocycles. The van der Waals surface area contributed by atoms with Gasteiger partial charge in [-0.25, -0.2) is 13.2 Å². The Morgan fingerprint density at radius 3 is 2.10 bits per heavy atom. The summed E-state index contributed by atoms with van der Waals surface area (Å²) in [5.74, 6) is -0.544. The standard InChI is InChI=1S/C21H17NO6S/c1-14-3-12-20(15(2)13-14)29(26,27)19-10-8-18(9-11-19)28-21(23)16-4-6-17(7-5-16)22(24)25/h3-13H,1-2H3. The van der Waals surface area contributed by atoms with Crippen molar-refractivity contribution < 1.29 is 22.9 Å². The van der Waals surface area contributed by atoms with Crippen LogP contribution in [0.1, 0.15) is 21.5 Å². The number of nitro groups is 1. The number of sulfone groups is 1. The molecule has 0 aliphatic rings. The molecule has 3 aromatic carbocycles. The minimum atomic E-state index is -3.70. The Bertz CT molecular complexity index is 1180.